The maximum absolute atomic E-state index is 2.35. The van der Waals surface area contributed by atoms with Gasteiger partial charge >= 0.3 is 0 Å². The van der Waals surface area contributed by atoms with Crippen LogP contribution >= 0.6 is 0 Å². The first-order chi connectivity index (χ1) is 8.88. The SMILES string of the molecule is CC=C[N+](C)(C=C(C)C)C=C(C=CCC)C(C)CC. The van der Waals surface area contributed by atoms with Crippen molar-refractivity contribution in [3.8, 4) is 0 Å². The van der Waals surface area contributed by atoms with E-state index in [1.54, 1.807) is 0 Å². The average Bonchev–Trinajstić information content (AvgIpc) is 2.32. The zero-order chi connectivity index (χ0) is 14.9. The molecule has 0 saturated heterocycles. The fourth-order valence-corrected chi connectivity index (χ4v) is 2.15. The van der Waals surface area contributed by atoms with Crippen molar-refractivity contribution < 1.29 is 4.48 Å². The third-order valence-corrected chi connectivity index (χ3v) is 3.16. The molecule has 0 heterocycles. The Morgan fingerprint density at radius 3 is 2.21 bits per heavy atom. The summed E-state index contributed by atoms with van der Waals surface area (Å²) in [5.41, 5.74) is 2.75. The van der Waals surface area contributed by atoms with Crippen molar-refractivity contribution in [1.82, 2.24) is 0 Å². The molecule has 0 aliphatic rings. The lowest BCUT2D eigenvalue weighted by molar-refractivity contribution is -0.751. The van der Waals surface area contributed by atoms with E-state index in [0.29, 0.717) is 5.92 Å². The van der Waals surface area contributed by atoms with E-state index in [0.717, 1.165) is 10.9 Å². The molecule has 0 aromatic heterocycles. The Labute approximate surface area is 120 Å². The van der Waals surface area contributed by atoms with Gasteiger partial charge in [0.1, 0.15) is 18.6 Å². The van der Waals surface area contributed by atoms with Crippen molar-refractivity contribution in [3.63, 3.8) is 0 Å². The second kappa shape index (κ2) is 8.92. The van der Waals surface area contributed by atoms with Crippen LogP contribution in [0.5, 0.6) is 0 Å². The molecule has 0 saturated carbocycles. The number of hydrogen-bond donors (Lipinski definition) is 0. The summed E-state index contributed by atoms with van der Waals surface area (Å²) in [5.74, 6) is 0.594. The molecule has 0 fully saturated rings. The summed E-state index contributed by atoms with van der Waals surface area (Å²) in [7, 11) is 2.22. The summed E-state index contributed by atoms with van der Waals surface area (Å²) in [6.45, 7) is 13.1. The van der Waals surface area contributed by atoms with Gasteiger partial charge in [0, 0.05) is 5.57 Å². The highest BCUT2D eigenvalue weighted by Gasteiger charge is 2.16. The van der Waals surface area contributed by atoms with E-state index in [4.69, 9.17) is 0 Å². The predicted molar refractivity (Wildman–Crippen MR) is 87.4 cm³/mol. The summed E-state index contributed by atoms with van der Waals surface area (Å²) >= 11 is 0. The number of hydrogen-bond acceptors (Lipinski definition) is 0. The molecule has 0 aliphatic heterocycles. The first-order valence-corrected chi connectivity index (χ1v) is 7.43. The van der Waals surface area contributed by atoms with Crippen LogP contribution in [0.25, 0.3) is 0 Å². The van der Waals surface area contributed by atoms with E-state index in [-0.39, 0.29) is 0 Å². The Morgan fingerprint density at radius 2 is 1.79 bits per heavy atom. The van der Waals surface area contributed by atoms with Gasteiger partial charge < -0.3 is 0 Å². The van der Waals surface area contributed by atoms with Crippen LogP contribution in [-0.2, 0) is 0 Å². The highest BCUT2D eigenvalue weighted by atomic mass is 15.3. The van der Waals surface area contributed by atoms with Gasteiger partial charge in [0.05, 0.1) is 7.05 Å². The first kappa shape index (κ1) is 17.9. The molecule has 0 N–H and O–H groups in total. The van der Waals surface area contributed by atoms with E-state index in [1.807, 2.05) is 0 Å². The zero-order valence-electron chi connectivity index (χ0n) is 13.9. The van der Waals surface area contributed by atoms with Gasteiger partial charge in [0.15, 0.2) is 0 Å². The van der Waals surface area contributed by atoms with Crippen LogP contribution in [0.15, 0.2) is 48.0 Å². The van der Waals surface area contributed by atoms with Gasteiger partial charge in [-0.3, -0.25) is 0 Å². The minimum atomic E-state index is 0.594. The zero-order valence-corrected chi connectivity index (χ0v) is 13.9. The standard InChI is InChI=1S/C18H32N/c1-8-11-12-18(17(6)10-3)15-19(7,13-9-2)14-16(4)5/h9,11-15,17H,8,10H2,1-7H3/q+1. The van der Waals surface area contributed by atoms with Crippen LogP contribution in [0, 0.1) is 5.92 Å². The van der Waals surface area contributed by atoms with Gasteiger partial charge in [-0.05, 0) is 51.2 Å². The monoisotopic (exact) mass is 262 g/mol. The molecule has 2 unspecified atom stereocenters. The molecular formula is C18H32N+. The van der Waals surface area contributed by atoms with Crippen LogP contribution in [-0.4, -0.2) is 11.5 Å². The number of quaternary nitrogens is 1. The Kier molecular flexibility index (Phi) is 8.42. The van der Waals surface area contributed by atoms with E-state index in [1.165, 1.54) is 17.6 Å². The van der Waals surface area contributed by atoms with Crippen LogP contribution in [0.1, 0.15) is 54.4 Å². The molecule has 19 heavy (non-hydrogen) atoms. The van der Waals surface area contributed by atoms with E-state index in [9.17, 15) is 0 Å². The van der Waals surface area contributed by atoms with Gasteiger partial charge in [-0.25, -0.2) is 4.48 Å². The Bertz CT molecular complexity index is 367. The topological polar surface area (TPSA) is 0 Å². The molecule has 0 aliphatic carbocycles. The Hall–Kier alpha value is -1.08. The minimum Gasteiger partial charge on any atom is -0.247 e. The van der Waals surface area contributed by atoms with E-state index < -0.39 is 0 Å². The summed E-state index contributed by atoms with van der Waals surface area (Å²) < 4.78 is 0.729. The van der Waals surface area contributed by atoms with Gasteiger partial charge in [0.25, 0.3) is 0 Å². The van der Waals surface area contributed by atoms with Crippen LogP contribution < -0.4 is 0 Å². The van der Waals surface area contributed by atoms with Crippen molar-refractivity contribution >= 4 is 0 Å². The van der Waals surface area contributed by atoms with Crippen molar-refractivity contribution in [1.29, 1.82) is 0 Å². The summed E-state index contributed by atoms with van der Waals surface area (Å²) in [6, 6.07) is 0. The second-order valence-electron chi connectivity index (χ2n) is 5.66. The van der Waals surface area contributed by atoms with Crippen molar-refractivity contribution in [2.45, 2.75) is 54.4 Å². The van der Waals surface area contributed by atoms with Crippen molar-refractivity contribution in [2.24, 2.45) is 5.92 Å². The van der Waals surface area contributed by atoms with Crippen LogP contribution in [0.3, 0.4) is 0 Å². The molecule has 1 heteroatoms. The van der Waals surface area contributed by atoms with E-state index >= 15 is 0 Å². The van der Waals surface area contributed by atoms with Gasteiger partial charge in [-0.1, -0.05) is 32.9 Å². The van der Waals surface area contributed by atoms with Crippen LogP contribution in [0.4, 0.5) is 0 Å². The number of nitrogens with zero attached hydrogens (tertiary/aromatic N) is 1. The molecule has 0 bridgehead atoms. The highest BCUT2D eigenvalue weighted by molar-refractivity contribution is 5.19. The fraction of sp³-hybridized carbons (Fsp3) is 0.556. The van der Waals surface area contributed by atoms with E-state index in [2.05, 4.69) is 85.4 Å². The normalized spacial score (nSPS) is 17.7. The predicted octanol–water partition coefficient (Wildman–Crippen LogP) is 5.79. The Balaban J connectivity index is 5.57. The van der Waals surface area contributed by atoms with Crippen molar-refractivity contribution in [2.75, 3.05) is 7.05 Å². The number of allylic oxidation sites excluding steroid dienone is 5. The molecule has 0 amide bonds. The summed E-state index contributed by atoms with van der Waals surface area (Å²) in [4.78, 5) is 0. The van der Waals surface area contributed by atoms with Crippen LogP contribution in [0.2, 0.25) is 0 Å². The first-order valence-electron chi connectivity index (χ1n) is 7.43. The molecule has 0 spiro atoms. The minimum absolute atomic E-state index is 0.594. The molecule has 108 valence electrons. The lowest BCUT2D eigenvalue weighted by Gasteiger charge is -2.24. The lowest BCUT2D eigenvalue weighted by atomic mass is 9.98. The Morgan fingerprint density at radius 1 is 1.16 bits per heavy atom. The molecule has 0 radical (unpaired) electrons. The summed E-state index contributed by atoms with van der Waals surface area (Å²) in [5, 5.41) is 0. The molecule has 2 atom stereocenters. The molecular weight excluding hydrogens is 230 g/mol. The largest absolute Gasteiger partial charge is 0.247 e. The quantitative estimate of drug-likeness (QED) is 0.402. The summed E-state index contributed by atoms with van der Waals surface area (Å²) in [6.07, 6.45) is 15.8. The average molecular weight is 262 g/mol. The van der Waals surface area contributed by atoms with Gasteiger partial charge in [-0.2, -0.15) is 0 Å². The molecule has 0 aromatic carbocycles. The second-order valence-corrected chi connectivity index (χ2v) is 5.66. The smallest absolute Gasteiger partial charge is 0.108 e. The third-order valence-electron chi connectivity index (χ3n) is 3.16. The maximum Gasteiger partial charge on any atom is 0.108 e. The van der Waals surface area contributed by atoms with Crippen molar-refractivity contribution in [3.05, 3.63) is 48.0 Å². The molecule has 0 aromatic rings. The van der Waals surface area contributed by atoms with Gasteiger partial charge in [0.2, 0.25) is 0 Å². The highest BCUT2D eigenvalue weighted by Crippen LogP contribution is 2.21. The maximum atomic E-state index is 2.35. The third kappa shape index (κ3) is 7.17. The fourth-order valence-electron chi connectivity index (χ4n) is 2.15. The number of rotatable bonds is 7. The van der Waals surface area contributed by atoms with Gasteiger partial charge in [-0.15, -0.1) is 0 Å². The molecule has 0 rings (SSSR count). The molecule has 1 nitrogen and oxygen atoms in total. The lowest BCUT2D eigenvalue weighted by Crippen LogP contribution is -2.26.